The Labute approximate surface area is 172 Å². The zero-order chi connectivity index (χ0) is 22.8. The first-order valence-electron chi connectivity index (χ1n) is 9.67. The Kier molecular flexibility index (Phi) is 6.99. The summed E-state index contributed by atoms with van der Waals surface area (Å²) < 4.78 is 16.0. The van der Waals surface area contributed by atoms with Gasteiger partial charge in [-0.1, -0.05) is 0 Å². The lowest BCUT2D eigenvalue weighted by molar-refractivity contribution is -0.173. The van der Waals surface area contributed by atoms with Crippen LogP contribution in [0.3, 0.4) is 0 Å². The summed E-state index contributed by atoms with van der Waals surface area (Å²) in [6, 6.07) is 0. The molecule has 0 heterocycles. The number of rotatable bonds is 2. The highest BCUT2D eigenvalue weighted by molar-refractivity contribution is 6.12. The number of hydrogen-bond donors (Lipinski definition) is 1. The van der Waals surface area contributed by atoms with Gasteiger partial charge in [0.1, 0.15) is 16.8 Å². The van der Waals surface area contributed by atoms with E-state index in [0.29, 0.717) is 11.4 Å². The number of carbonyl (C=O) groups excluding carboxylic acids is 4. The largest absolute Gasteiger partial charge is 0.458 e. The van der Waals surface area contributed by atoms with Gasteiger partial charge >= 0.3 is 18.2 Å². The molecule has 1 aliphatic rings. The maximum atomic E-state index is 13.1. The first-order chi connectivity index (χ1) is 12.9. The fraction of sp³-hybridized carbons (Fsp3) is 0.800. The lowest BCUT2D eigenvalue weighted by Crippen LogP contribution is -2.67. The molecule has 166 valence electrons. The van der Waals surface area contributed by atoms with Gasteiger partial charge in [0.15, 0.2) is 5.78 Å². The van der Waals surface area contributed by atoms with Crippen molar-refractivity contribution in [1.82, 2.24) is 10.4 Å². The van der Waals surface area contributed by atoms with Crippen molar-refractivity contribution in [1.29, 1.82) is 0 Å². The van der Waals surface area contributed by atoms with Crippen LogP contribution in [0, 0.1) is 0 Å². The third-order valence-electron chi connectivity index (χ3n) is 3.70. The maximum Gasteiger partial charge on any atom is 0.430 e. The van der Waals surface area contributed by atoms with E-state index in [1.165, 1.54) is 0 Å². The fourth-order valence-electron chi connectivity index (χ4n) is 2.75. The van der Waals surface area contributed by atoms with Crippen LogP contribution in [0.25, 0.3) is 0 Å². The zero-order valence-corrected chi connectivity index (χ0v) is 18.9. The summed E-state index contributed by atoms with van der Waals surface area (Å²) in [7, 11) is 0. The molecule has 0 bridgehead atoms. The van der Waals surface area contributed by atoms with Gasteiger partial charge in [-0.3, -0.25) is 4.79 Å². The second kappa shape index (κ2) is 8.20. The van der Waals surface area contributed by atoms with Crippen LogP contribution in [0.4, 0.5) is 9.59 Å². The standard InChI is InChI=1S/C20H34N2O7/c1-17(2,3)27-14(24)20(12-10-11-13(20)23)22(16(26)29-19(7,8)9)21-15(25)28-18(4,5)6/h10-12H2,1-9H3,(H,21,25)/t20-/m1/s1. The SMILES string of the molecule is CC(C)(C)OC(=O)NN(C(=O)OC(C)(C)C)[C@]1(C(=O)OC(C)(C)C)CCCC1=O. The second-order valence-electron chi connectivity index (χ2n) is 10.1. The van der Waals surface area contributed by atoms with Crippen molar-refractivity contribution in [2.24, 2.45) is 0 Å². The number of esters is 1. The number of nitrogens with one attached hydrogen (secondary N) is 1. The molecule has 0 aromatic rings. The van der Waals surface area contributed by atoms with Gasteiger partial charge < -0.3 is 14.2 Å². The van der Waals surface area contributed by atoms with Crippen LogP contribution in [-0.4, -0.2) is 51.3 Å². The minimum atomic E-state index is -2.02. The minimum absolute atomic E-state index is 0.00418. The summed E-state index contributed by atoms with van der Waals surface area (Å²) in [5.74, 6) is -1.46. The van der Waals surface area contributed by atoms with Crippen LogP contribution in [0.5, 0.6) is 0 Å². The number of ether oxygens (including phenoxy) is 3. The molecule has 0 unspecified atom stereocenters. The van der Waals surface area contributed by atoms with E-state index < -0.39 is 46.3 Å². The topological polar surface area (TPSA) is 111 Å². The molecule has 29 heavy (non-hydrogen) atoms. The van der Waals surface area contributed by atoms with E-state index in [-0.39, 0.29) is 12.8 Å². The Morgan fingerprint density at radius 1 is 0.862 bits per heavy atom. The van der Waals surface area contributed by atoms with Crippen molar-refractivity contribution >= 4 is 23.9 Å². The highest BCUT2D eigenvalue weighted by atomic mass is 16.6. The lowest BCUT2D eigenvalue weighted by atomic mass is 9.95. The number of hydrogen-bond acceptors (Lipinski definition) is 7. The molecule has 1 N–H and O–H groups in total. The summed E-state index contributed by atoms with van der Waals surface area (Å²) in [5, 5.41) is 0.635. The van der Waals surface area contributed by atoms with Crippen molar-refractivity contribution in [2.45, 2.75) is 104 Å². The van der Waals surface area contributed by atoms with Crippen LogP contribution in [0.1, 0.15) is 81.6 Å². The molecule has 1 saturated carbocycles. The van der Waals surface area contributed by atoms with Crippen molar-refractivity contribution in [3.8, 4) is 0 Å². The Morgan fingerprint density at radius 2 is 1.34 bits per heavy atom. The Balaban J connectivity index is 3.40. The third kappa shape index (κ3) is 6.90. The normalized spacial score (nSPS) is 20.1. The van der Waals surface area contributed by atoms with Gasteiger partial charge in [-0.15, -0.1) is 0 Å². The van der Waals surface area contributed by atoms with Gasteiger partial charge in [-0.2, -0.15) is 5.01 Å². The molecule has 1 rings (SSSR count). The molecule has 9 heteroatoms. The summed E-state index contributed by atoms with van der Waals surface area (Å²) in [6.07, 6.45) is -1.63. The Hall–Kier alpha value is -2.32. The molecule has 0 saturated heterocycles. The molecule has 0 spiro atoms. The fourth-order valence-corrected chi connectivity index (χ4v) is 2.75. The van der Waals surface area contributed by atoms with E-state index >= 15 is 0 Å². The molecule has 9 nitrogen and oxygen atoms in total. The molecule has 0 aromatic carbocycles. The first-order valence-corrected chi connectivity index (χ1v) is 9.67. The lowest BCUT2D eigenvalue weighted by Gasteiger charge is -2.39. The first kappa shape index (κ1) is 24.7. The molecule has 1 atom stereocenters. The quantitative estimate of drug-likeness (QED) is 0.318. The van der Waals surface area contributed by atoms with Crippen LogP contribution in [0.15, 0.2) is 0 Å². The maximum absolute atomic E-state index is 13.1. The molecule has 0 aliphatic heterocycles. The van der Waals surface area contributed by atoms with Crippen LogP contribution < -0.4 is 5.43 Å². The van der Waals surface area contributed by atoms with E-state index in [4.69, 9.17) is 14.2 Å². The number of Topliss-reactive ketones (excluding diaryl/α,β-unsaturated/α-hetero) is 1. The predicted octanol–water partition coefficient (Wildman–Crippen LogP) is 3.50. The smallest absolute Gasteiger partial charge is 0.430 e. The number of nitrogens with zero attached hydrogens (tertiary/aromatic N) is 1. The summed E-state index contributed by atoms with van der Waals surface area (Å²) in [5.41, 5.74) is -2.46. The Morgan fingerprint density at radius 3 is 1.72 bits per heavy atom. The monoisotopic (exact) mass is 414 g/mol. The highest BCUT2D eigenvalue weighted by Gasteiger charge is 2.59. The minimum Gasteiger partial charge on any atom is -0.458 e. The van der Waals surface area contributed by atoms with Crippen LogP contribution >= 0.6 is 0 Å². The predicted molar refractivity (Wildman–Crippen MR) is 105 cm³/mol. The van der Waals surface area contributed by atoms with Gasteiger partial charge in [-0.05, 0) is 75.2 Å². The van der Waals surface area contributed by atoms with Gasteiger partial charge in [0.05, 0.1) is 0 Å². The van der Waals surface area contributed by atoms with Gasteiger partial charge in [0.25, 0.3) is 0 Å². The molecule has 1 fully saturated rings. The van der Waals surface area contributed by atoms with Crippen LogP contribution in [-0.2, 0) is 23.8 Å². The molecule has 2 amide bonds. The summed E-state index contributed by atoms with van der Waals surface area (Å²) in [4.78, 5) is 51.3. The summed E-state index contributed by atoms with van der Waals surface area (Å²) >= 11 is 0. The molecular formula is C20H34N2O7. The summed E-state index contributed by atoms with van der Waals surface area (Å²) in [6.45, 7) is 14.8. The van der Waals surface area contributed by atoms with E-state index in [1.54, 1.807) is 62.3 Å². The number of amides is 2. The molecule has 0 aromatic heterocycles. The third-order valence-corrected chi connectivity index (χ3v) is 3.70. The van der Waals surface area contributed by atoms with Gasteiger partial charge in [0.2, 0.25) is 5.54 Å². The number of hydrazine groups is 1. The average molecular weight is 414 g/mol. The van der Waals surface area contributed by atoms with E-state index in [9.17, 15) is 19.2 Å². The van der Waals surface area contributed by atoms with E-state index in [1.807, 2.05) is 0 Å². The van der Waals surface area contributed by atoms with Crippen molar-refractivity contribution < 1.29 is 33.4 Å². The molecule has 1 aliphatic carbocycles. The zero-order valence-electron chi connectivity index (χ0n) is 18.9. The highest BCUT2D eigenvalue weighted by Crippen LogP contribution is 2.35. The van der Waals surface area contributed by atoms with Crippen molar-refractivity contribution in [2.75, 3.05) is 0 Å². The van der Waals surface area contributed by atoms with E-state index in [2.05, 4.69) is 5.43 Å². The van der Waals surface area contributed by atoms with E-state index in [0.717, 1.165) is 0 Å². The molecule has 0 radical (unpaired) electrons. The average Bonchev–Trinajstić information content (AvgIpc) is 2.81. The van der Waals surface area contributed by atoms with Crippen molar-refractivity contribution in [3.63, 3.8) is 0 Å². The molecular weight excluding hydrogens is 380 g/mol. The van der Waals surface area contributed by atoms with Crippen LogP contribution in [0.2, 0.25) is 0 Å². The van der Waals surface area contributed by atoms with Gasteiger partial charge in [-0.25, -0.2) is 19.8 Å². The van der Waals surface area contributed by atoms with Crippen molar-refractivity contribution in [3.05, 3.63) is 0 Å². The Bertz CT molecular complexity index is 668. The number of ketones is 1. The second-order valence-corrected chi connectivity index (χ2v) is 10.1. The van der Waals surface area contributed by atoms with Gasteiger partial charge in [0, 0.05) is 6.42 Å². The number of carbonyl (C=O) groups is 4.